The largest absolute Gasteiger partial charge is 0.456 e. The van der Waals surface area contributed by atoms with Crippen LogP contribution in [0.5, 0.6) is 0 Å². The van der Waals surface area contributed by atoms with E-state index in [1.807, 2.05) is 0 Å². The van der Waals surface area contributed by atoms with E-state index < -0.39 is 0 Å². The molecule has 214 valence electrons. The third-order valence-electron chi connectivity index (χ3n) is 13.1. The van der Waals surface area contributed by atoms with Crippen LogP contribution in [0, 0.1) is 34.5 Å². The summed E-state index contributed by atoms with van der Waals surface area (Å²) in [4.78, 5) is 15.0. The molecule has 2 aliphatic heterocycles. The summed E-state index contributed by atoms with van der Waals surface area (Å²) >= 11 is 0. The lowest BCUT2D eigenvalue weighted by atomic mass is 9.44. The van der Waals surface area contributed by atoms with Crippen LogP contribution in [-0.2, 0) is 14.3 Å². The van der Waals surface area contributed by atoms with E-state index in [2.05, 4.69) is 31.4 Å². The van der Waals surface area contributed by atoms with Gasteiger partial charge in [-0.3, -0.25) is 9.69 Å². The zero-order chi connectivity index (χ0) is 26.7. The van der Waals surface area contributed by atoms with Gasteiger partial charge in [-0.25, -0.2) is 0 Å². The Morgan fingerprint density at radius 2 is 1.84 bits per heavy atom. The van der Waals surface area contributed by atoms with E-state index in [1.165, 1.54) is 51.6 Å². The van der Waals surface area contributed by atoms with Crippen LogP contribution in [0.25, 0.3) is 0 Å². The lowest BCUT2D eigenvalue weighted by Gasteiger charge is -2.62. The first-order valence-electron chi connectivity index (χ1n) is 15.9. The molecule has 6 fully saturated rings. The van der Waals surface area contributed by atoms with Gasteiger partial charge in [0.05, 0.1) is 39.0 Å². The fraction of sp³-hybridized carbons (Fsp3) is 0.906. The minimum absolute atomic E-state index is 0.0174. The van der Waals surface area contributed by atoms with Gasteiger partial charge >= 0.3 is 5.97 Å². The van der Waals surface area contributed by atoms with Crippen molar-refractivity contribution in [1.82, 2.24) is 4.90 Å². The van der Waals surface area contributed by atoms with E-state index in [0.29, 0.717) is 29.7 Å². The van der Waals surface area contributed by atoms with Gasteiger partial charge in [0.1, 0.15) is 6.04 Å². The van der Waals surface area contributed by atoms with E-state index in [9.17, 15) is 9.90 Å². The van der Waals surface area contributed by atoms with Crippen molar-refractivity contribution in [1.29, 1.82) is 0 Å². The van der Waals surface area contributed by atoms with E-state index in [0.717, 1.165) is 56.6 Å². The number of esters is 1. The first-order chi connectivity index (χ1) is 18.2. The van der Waals surface area contributed by atoms with Crippen molar-refractivity contribution in [3.05, 3.63) is 12.7 Å². The normalized spacial score (nSPS) is 48.5. The molecule has 2 heterocycles. The number of quaternary nitrogens is 1. The molecule has 5 unspecified atom stereocenters. The molecule has 1 N–H and O–H groups in total. The number of carbonyl (C=O) groups excluding carboxylic acids is 1. The maximum absolute atomic E-state index is 12.5. The third-order valence-corrected chi connectivity index (χ3v) is 13.1. The number of aliphatic hydroxyl groups is 1. The molecule has 6 aliphatic rings. The van der Waals surface area contributed by atoms with Gasteiger partial charge < -0.3 is 19.1 Å². The molecule has 6 nitrogen and oxygen atoms in total. The van der Waals surface area contributed by atoms with Crippen molar-refractivity contribution in [2.75, 3.05) is 45.9 Å². The standard InChI is InChI=1S/C32H53N2O4/c1-5-14-34(15-6-7-16-34)28-20-26-24-9-8-23-19-29(36)27(33-12-17-37-18-13-33)21-32(23,4)25(24)10-11-31(26,3)30(28)38-22(2)35/h5,23-30,36H,1,6-21H2,2-4H3/q+1/t23?,24?,25?,26?,27-,28-,29?,30-,31-,32-/m0/s1. The molecule has 0 bridgehead atoms. The van der Waals surface area contributed by atoms with Crippen LogP contribution >= 0.6 is 0 Å². The highest BCUT2D eigenvalue weighted by Gasteiger charge is 2.67. The molecule has 6 heteroatoms. The lowest BCUT2D eigenvalue weighted by Crippen LogP contribution is -2.61. The Morgan fingerprint density at radius 1 is 1.11 bits per heavy atom. The molecule has 2 saturated heterocycles. The predicted molar refractivity (Wildman–Crippen MR) is 148 cm³/mol. The second-order valence-electron chi connectivity index (χ2n) is 14.6. The maximum Gasteiger partial charge on any atom is 0.303 e. The Labute approximate surface area is 230 Å². The van der Waals surface area contributed by atoms with Crippen LogP contribution in [0.3, 0.4) is 0 Å². The average molecular weight is 530 g/mol. The van der Waals surface area contributed by atoms with Crippen LogP contribution in [-0.4, -0.2) is 90.7 Å². The number of fused-ring (bicyclic) bond motifs is 5. The van der Waals surface area contributed by atoms with Gasteiger partial charge in [0.25, 0.3) is 0 Å². The minimum atomic E-state index is -0.209. The molecule has 0 aromatic carbocycles. The summed E-state index contributed by atoms with van der Waals surface area (Å²) in [5.41, 5.74) is 0.343. The van der Waals surface area contributed by atoms with Gasteiger partial charge in [-0.2, -0.15) is 0 Å². The lowest BCUT2D eigenvalue weighted by molar-refractivity contribution is -0.937. The molecule has 0 aromatic heterocycles. The van der Waals surface area contributed by atoms with Crippen LogP contribution in [0.1, 0.15) is 78.6 Å². The SMILES string of the molecule is C=CC[N+]1([C@H]2CC3C4CCC5CC(O)[C@@H](N6CCOCC6)C[C@]5(C)C4CC[C@]3(C)[C@H]2OC(C)=O)CCCC1. The summed E-state index contributed by atoms with van der Waals surface area (Å²) in [6.45, 7) is 17.7. The van der Waals surface area contributed by atoms with E-state index in [1.54, 1.807) is 6.92 Å². The Balaban J connectivity index is 1.30. The van der Waals surface area contributed by atoms with Gasteiger partial charge in [-0.1, -0.05) is 20.4 Å². The highest BCUT2D eigenvalue weighted by atomic mass is 16.5. The zero-order valence-corrected chi connectivity index (χ0v) is 24.3. The van der Waals surface area contributed by atoms with E-state index in [4.69, 9.17) is 9.47 Å². The van der Waals surface area contributed by atoms with Gasteiger partial charge in [0.2, 0.25) is 0 Å². The number of likely N-dealkylation sites (tertiary alicyclic amines) is 1. The Kier molecular flexibility index (Phi) is 7.27. The second kappa shape index (κ2) is 10.2. The molecule has 0 amide bonds. The van der Waals surface area contributed by atoms with Crippen molar-refractivity contribution >= 4 is 5.97 Å². The zero-order valence-electron chi connectivity index (χ0n) is 24.3. The fourth-order valence-corrected chi connectivity index (χ4v) is 11.3. The number of morpholine rings is 1. The summed E-state index contributed by atoms with van der Waals surface area (Å²) in [5.74, 6) is 2.54. The van der Waals surface area contributed by atoms with Crippen LogP contribution < -0.4 is 0 Å². The summed E-state index contributed by atoms with van der Waals surface area (Å²) in [6.07, 6.45) is 12.7. The van der Waals surface area contributed by atoms with Crippen molar-refractivity contribution in [3.63, 3.8) is 0 Å². The number of rotatable bonds is 5. The smallest absolute Gasteiger partial charge is 0.303 e. The minimum Gasteiger partial charge on any atom is -0.456 e. The quantitative estimate of drug-likeness (QED) is 0.325. The number of hydrogen-bond donors (Lipinski definition) is 1. The number of ether oxygens (including phenoxy) is 2. The topological polar surface area (TPSA) is 59.0 Å². The van der Waals surface area contributed by atoms with Gasteiger partial charge in [0.15, 0.2) is 6.10 Å². The molecule has 4 saturated carbocycles. The van der Waals surface area contributed by atoms with Crippen LogP contribution in [0.15, 0.2) is 12.7 Å². The molecule has 0 aromatic rings. The molecule has 4 aliphatic carbocycles. The summed E-state index contributed by atoms with van der Waals surface area (Å²) in [6, 6.07) is 0.663. The monoisotopic (exact) mass is 529 g/mol. The average Bonchev–Trinajstić information content (AvgIpc) is 3.48. The summed E-state index contributed by atoms with van der Waals surface area (Å²) in [7, 11) is 0. The number of nitrogens with zero attached hydrogens (tertiary/aromatic N) is 2. The Morgan fingerprint density at radius 3 is 2.53 bits per heavy atom. The van der Waals surface area contributed by atoms with Crippen LogP contribution in [0.4, 0.5) is 0 Å². The number of aliphatic hydroxyl groups excluding tert-OH is 1. The maximum atomic E-state index is 12.5. The van der Waals surface area contributed by atoms with E-state index in [-0.39, 0.29) is 35.0 Å². The molecule has 0 radical (unpaired) electrons. The van der Waals surface area contributed by atoms with E-state index >= 15 is 0 Å². The van der Waals surface area contributed by atoms with Gasteiger partial charge in [0, 0.05) is 50.7 Å². The van der Waals surface area contributed by atoms with Crippen molar-refractivity contribution in [2.24, 2.45) is 34.5 Å². The molecular formula is C32H53N2O4+. The first-order valence-corrected chi connectivity index (χ1v) is 15.9. The predicted octanol–water partition coefficient (Wildman–Crippen LogP) is 4.41. The fourth-order valence-electron chi connectivity index (χ4n) is 11.3. The van der Waals surface area contributed by atoms with Crippen LogP contribution in [0.2, 0.25) is 0 Å². The number of hydrogen-bond acceptors (Lipinski definition) is 5. The third kappa shape index (κ3) is 4.23. The van der Waals surface area contributed by atoms with Gasteiger partial charge in [-0.15, -0.1) is 0 Å². The molecule has 0 spiro atoms. The summed E-state index contributed by atoms with van der Waals surface area (Å²) < 4.78 is 13.1. The Bertz CT molecular complexity index is 898. The molecule has 10 atom stereocenters. The highest BCUT2D eigenvalue weighted by Crippen LogP contribution is 2.67. The van der Waals surface area contributed by atoms with Crippen molar-refractivity contribution in [2.45, 2.75) is 103 Å². The second-order valence-corrected chi connectivity index (χ2v) is 14.6. The van der Waals surface area contributed by atoms with Crippen molar-refractivity contribution in [3.8, 4) is 0 Å². The molecule has 38 heavy (non-hydrogen) atoms. The van der Waals surface area contributed by atoms with Crippen molar-refractivity contribution < 1.29 is 23.9 Å². The molecule has 6 rings (SSSR count). The summed E-state index contributed by atoms with van der Waals surface area (Å²) in [5, 5.41) is 11.3. The van der Waals surface area contributed by atoms with Gasteiger partial charge in [-0.05, 0) is 73.7 Å². The molecular weight excluding hydrogens is 476 g/mol. The highest BCUT2D eigenvalue weighted by molar-refractivity contribution is 5.66. The first kappa shape index (κ1) is 27.2. The Hall–Kier alpha value is -0.950. The number of carbonyl (C=O) groups is 1.